The van der Waals surface area contributed by atoms with Crippen LogP contribution in [0.15, 0.2) is 84.9 Å². The van der Waals surface area contributed by atoms with Gasteiger partial charge in [0.15, 0.2) is 6.10 Å². The third kappa shape index (κ3) is 6.29. The van der Waals surface area contributed by atoms with E-state index in [9.17, 15) is 24.3 Å². The summed E-state index contributed by atoms with van der Waals surface area (Å²) in [4.78, 5) is 50.0. The summed E-state index contributed by atoms with van der Waals surface area (Å²) < 4.78 is 10.3. The number of anilines is 1. The van der Waals surface area contributed by atoms with Crippen molar-refractivity contribution in [2.24, 2.45) is 0 Å². The van der Waals surface area contributed by atoms with Crippen LogP contribution in [0.2, 0.25) is 0 Å². The van der Waals surface area contributed by atoms with E-state index in [0.717, 1.165) is 12.0 Å². The average Bonchev–Trinajstić information content (AvgIpc) is 2.87. The minimum absolute atomic E-state index is 0.0532. The van der Waals surface area contributed by atoms with E-state index >= 15 is 0 Å². The van der Waals surface area contributed by atoms with Gasteiger partial charge < -0.3 is 24.7 Å². The van der Waals surface area contributed by atoms with Gasteiger partial charge in [-0.05, 0) is 48.4 Å². The summed E-state index contributed by atoms with van der Waals surface area (Å²) in [7, 11) is 0. The molecule has 34 heavy (non-hydrogen) atoms. The molecule has 8 nitrogen and oxygen atoms in total. The molecule has 8 heteroatoms. The second-order valence-electron chi connectivity index (χ2n) is 7.24. The van der Waals surface area contributed by atoms with Crippen molar-refractivity contribution in [1.82, 2.24) is 0 Å². The smallest absolute Gasteiger partial charge is 0.339 e. The summed E-state index contributed by atoms with van der Waals surface area (Å²) in [5.41, 5.74) is 1.50. The minimum atomic E-state index is -2.20. The van der Waals surface area contributed by atoms with E-state index in [-0.39, 0.29) is 11.1 Å². The molecule has 0 aliphatic rings. The molecular formula is C26H22NO7-. The Balaban J connectivity index is 1.88. The first-order valence-electron chi connectivity index (χ1n) is 10.5. The van der Waals surface area contributed by atoms with E-state index < -0.39 is 36.0 Å². The molecule has 0 radical (unpaired) electrons. The van der Waals surface area contributed by atoms with E-state index in [1.165, 1.54) is 24.3 Å². The van der Waals surface area contributed by atoms with Crippen molar-refractivity contribution in [1.29, 1.82) is 0 Å². The number of carboxylic acids is 1. The van der Waals surface area contributed by atoms with Crippen LogP contribution in [0.5, 0.6) is 0 Å². The van der Waals surface area contributed by atoms with Gasteiger partial charge >= 0.3 is 11.9 Å². The molecule has 0 saturated heterocycles. The van der Waals surface area contributed by atoms with Gasteiger partial charge in [-0.2, -0.15) is 0 Å². The van der Waals surface area contributed by atoms with E-state index in [2.05, 4.69) is 5.32 Å². The van der Waals surface area contributed by atoms with Crippen molar-refractivity contribution in [3.63, 3.8) is 0 Å². The van der Waals surface area contributed by atoms with E-state index in [4.69, 9.17) is 9.47 Å². The molecule has 3 aromatic carbocycles. The Labute approximate surface area is 196 Å². The lowest BCUT2D eigenvalue weighted by molar-refractivity contribution is -0.317. The predicted molar refractivity (Wildman–Crippen MR) is 121 cm³/mol. The molecule has 0 saturated carbocycles. The highest BCUT2D eigenvalue weighted by atomic mass is 16.6. The van der Waals surface area contributed by atoms with Crippen LogP contribution in [0.1, 0.15) is 33.2 Å². The van der Waals surface area contributed by atoms with Crippen molar-refractivity contribution >= 4 is 29.5 Å². The number of amides is 1. The Bertz CT molecular complexity index is 1140. The molecule has 0 spiro atoms. The monoisotopic (exact) mass is 460 g/mol. The van der Waals surface area contributed by atoms with Crippen molar-refractivity contribution in [2.45, 2.75) is 25.6 Å². The molecule has 1 N–H and O–H groups in total. The number of rotatable bonds is 9. The number of carbonyl (C=O) groups is 4. The van der Waals surface area contributed by atoms with Crippen LogP contribution in [0.3, 0.4) is 0 Å². The molecule has 1 amide bonds. The third-order valence-electron chi connectivity index (χ3n) is 4.88. The largest absolute Gasteiger partial charge is 0.546 e. The number of hydrogen-bond acceptors (Lipinski definition) is 7. The number of benzene rings is 3. The molecule has 0 heterocycles. The fraction of sp³-hybridized carbons (Fsp3) is 0.154. The Morgan fingerprint density at radius 3 is 1.65 bits per heavy atom. The van der Waals surface area contributed by atoms with Gasteiger partial charge in [0.2, 0.25) is 6.10 Å². The number of esters is 2. The van der Waals surface area contributed by atoms with E-state index in [1.807, 2.05) is 6.92 Å². The van der Waals surface area contributed by atoms with Gasteiger partial charge in [0.25, 0.3) is 5.91 Å². The SMILES string of the molecule is CCc1ccc(NC(=O)[C@@H](OC(=O)c2ccccc2)[C@@H](OC(=O)c2ccccc2)C(=O)[O-])cc1. The van der Waals surface area contributed by atoms with Crippen LogP contribution < -0.4 is 10.4 Å². The lowest BCUT2D eigenvalue weighted by atomic mass is 10.1. The molecule has 3 aromatic rings. The van der Waals surface area contributed by atoms with Gasteiger partial charge in [-0.1, -0.05) is 55.5 Å². The first-order chi connectivity index (χ1) is 16.4. The van der Waals surface area contributed by atoms with Crippen LogP contribution >= 0.6 is 0 Å². The van der Waals surface area contributed by atoms with Gasteiger partial charge in [0.1, 0.15) is 0 Å². The molecule has 0 aromatic heterocycles. The molecule has 0 bridgehead atoms. The number of ether oxygens (including phenoxy) is 2. The summed E-state index contributed by atoms with van der Waals surface area (Å²) in [5, 5.41) is 14.4. The van der Waals surface area contributed by atoms with Gasteiger partial charge in [-0.3, -0.25) is 4.79 Å². The predicted octanol–water partition coefficient (Wildman–Crippen LogP) is 2.39. The number of nitrogens with one attached hydrogen (secondary N) is 1. The third-order valence-corrected chi connectivity index (χ3v) is 4.88. The fourth-order valence-corrected chi connectivity index (χ4v) is 3.04. The summed E-state index contributed by atoms with van der Waals surface area (Å²) in [6.07, 6.45) is -3.43. The van der Waals surface area contributed by atoms with Crippen LogP contribution in [0, 0.1) is 0 Å². The number of carbonyl (C=O) groups excluding carboxylic acids is 4. The zero-order valence-electron chi connectivity index (χ0n) is 18.3. The Hall–Kier alpha value is -4.46. The first-order valence-corrected chi connectivity index (χ1v) is 10.5. The van der Waals surface area contributed by atoms with Gasteiger partial charge in [-0.25, -0.2) is 9.59 Å². The van der Waals surface area contributed by atoms with Crippen LogP contribution in [-0.2, 0) is 25.5 Å². The van der Waals surface area contributed by atoms with Crippen molar-refractivity contribution in [2.75, 3.05) is 5.32 Å². The number of aryl methyl sites for hydroxylation is 1. The maximum Gasteiger partial charge on any atom is 0.339 e. The second-order valence-corrected chi connectivity index (χ2v) is 7.24. The summed E-state index contributed by atoms with van der Waals surface area (Å²) in [5.74, 6) is -4.88. The van der Waals surface area contributed by atoms with E-state index in [0.29, 0.717) is 5.69 Å². The molecule has 0 fully saturated rings. The minimum Gasteiger partial charge on any atom is -0.546 e. The molecule has 174 valence electrons. The normalized spacial score (nSPS) is 12.1. The van der Waals surface area contributed by atoms with Crippen LogP contribution in [0.25, 0.3) is 0 Å². The Morgan fingerprint density at radius 1 is 0.735 bits per heavy atom. The van der Waals surface area contributed by atoms with Gasteiger partial charge in [0.05, 0.1) is 17.1 Å². The second kappa shape index (κ2) is 11.4. The average molecular weight is 460 g/mol. The quantitative estimate of drug-likeness (QED) is 0.487. The zero-order chi connectivity index (χ0) is 24.5. The maximum atomic E-state index is 13.0. The van der Waals surface area contributed by atoms with Crippen molar-refractivity contribution < 1.29 is 33.8 Å². The Morgan fingerprint density at radius 2 is 1.21 bits per heavy atom. The van der Waals surface area contributed by atoms with E-state index in [1.54, 1.807) is 60.7 Å². The number of carboxylic acid groups (broad SMARTS) is 1. The number of aliphatic carboxylic acids is 1. The standard InChI is InChI=1S/C26H23NO7/c1-2-17-13-15-20(16-14-17)27-23(28)21(33-25(31)18-9-5-3-6-10-18)22(24(29)30)34-26(32)19-11-7-4-8-12-19/h3-16,21-22H,2H2,1H3,(H,27,28)(H,29,30)/p-1/t21-,22+/m0/s1. The van der Waals surface area contributed by atoms with Crippen LogP contribution in [0.4, 0.5) is 5.69 Å². The fourth-order valence-electron chi connectivity index (χ4n) is 3.04. The maximum absolute atomic E-state index is 13.0. The highest BCUT2D eigenvalue weighted by Gasteiger charge is 2.37. The van der Waals surface area contributed by atoms with Crippen molar-refractivity contribution in [3.05, 3.63) is 102 Å². The topological polar surface area (TPSA) is 122 Å². The van der Waals surface area contributed by atoms with Gasteiger partial charge in [0, 0.05) is 5.69 Å². The molecule has 0 aliphatic heterocycles. The highest BCUT2D eigenvalue weighted by Crippen LogP contribution is 2.16. The molecule has 0 unspecified atom stereocenters. The van der Waals surface area contributed by atoms with Crippen molar-refractivity contribution in [3.8, 4) is 0 Å². The first kappa shape index (κ1) is 24.2. The van der Waals surface area contributed by atoms with Gasteiger partial charge in [-0.15, -0.1) is 0 Å². The zero-order valence-corrected chi connectivity index (χ0v) is 18.3. The summed E-state index contributed by atoms with van der Waals surface area (Å²) in [6, 6.07) is 22.1. The van der Waals surface area contributed by atoms with Crippen LogP contribution in [-0.4, -0.2) is 36.0 Å². The molecular weight excluding hydrogens is 438 g/mol. The molecule has 2 atom stereocenters. The molecule has 3 rings (SSSR count). The lowest BCUT2D eigenvalue weighted by Gasteiger charge is -2.27. The molecule has 0 aliphatic carbocycles. The summed E-state index contributed by atoms with van der Waals surface area (Å²) >= 11 is 0. The highest BCUT2D eigenvalue weighted by molar-refractivity contribution is 6.01. The number of hydrogen-bond donors (Lipinski definition) is 1. The Kier molecular flexibility index (Phi) is 8.12. The lowest BCUT2D eigenvalue weighted by Crippen LogP contribution is -2.52. The summed E-state index contributed by atoms with van der Waals surface area (Å²) in [6.45, 7) is 1.97.